The van der Waals surface area contributed by atoms with Crippen LogP contribution < -0.4 is 5.73 Å². The SMILES string of the molecule is CCCC1CCC(CN)C(c2cc(F)ccc2Cl)C1. The molecule has 0 saturated heterocycles. The lowest BCUT2D eigenvalue weighted by Crippen LogP contribution is -2.29. The molecule has 3 atom stereocenters. The maximum absolute atomic E-state index is 13.5. The van der Waals surface area contributed by atoms with Gasteiger partial charge in [-0.15, -0.1) is 0 Å². The van der Waals surface area contributed by atoms with E-state index in [1.807, 2.05) is 0 Å². The van der Waals surface area contributed by atoms with Crippen molar-refractivity contribution in [1.82, 2.24) is 0 Å². The molecule has 3 heteroatoms. The second kappa shape index (κ2) is 6.71. The molecule has 1 fully saturated rings. The van der Waals surface area contributed by atoms with E-state index in [-0.39, 0.29) is 5.82 Å². The fourth-order valence-electron chi connectivity index (χ4n) is 3.45. The Morgan fingerprint density at radius 3 is 2.84 bits per heavy atom. The van der Waals surface area contributed by atoms with Gasteiger partial charge in [-0.2, -0.15) is 0 Å². The van der Waals surface area contributed by atoms with Gasteiger partial charge in [0.05, 0.1) is 0 Å². The Labute approximate surface area is 120 Å². The normalized spacial score (nSPS) is 27.5. The first-order valence-electron chi connectivity index (χ1n) is 7.30. The molecule has 1 saturated carbocycles. The molecule has 0 aliphatic heterocycles. The van der Waals surface area contributed by atoms with Crippen molar-refractivity contribution in [1.29, 1.82) is 0 Å². The summed E-state index contributed by atoms with van der Waals surface area (Å²) < 4.78 is 13.5. The number of nitrogens with two attached hydrogens (primary N) is 1. The van der Waals surface area contributed by atoms with E-state index in [1.165, 1.54) is 25.3 Å². The summed E-state index contributed by atoms with van der Waals surface area (Å²) in [6, 6.07) is 4.70. The van der Waals surface area contributed by atoms with Gasteiger partial charge in [-0.3, -0.25) is 0 Å². The molecular weight excluding hydrogens is 261 g/mol. The van der Waals surface area contributed by atoms with Crippen LogP contribution in [-0.2, 0) is 0 Å². The summed E-state index contributed by atoms with van der Waals surface area (Å²) in [5.41, 5.74) is 6.86. The summed E-state index contributed by atoms with van der Waals surface area (Å²) in [6.45, 7) is 2.88. The van der Waals surface area contributed by atoms with Crippen LogP contribution in [0, 0.1) is 17.7 Å². The van der Waals surface area contributed by atoms with Crippen LogP contribution in [0.5, 0.6) is 0 Å². The second-order valence-corrected chi connectivity index (χ2v) is 6.14. The lowest BCUT2D eigenvalue weighted by Gasteiger charge is -2.36. The van der Waals surface area contributed by atoms with Crippen LogP contribution in [0.4, 0.5) is 4.39 Å². The summed E-state index contributed by atoms with van der Waals surface area (Å²) in [5.74, 6) is 1.29. The van der Waals surface area contributed by atoms with Crippen molar-refractivity contribution in [2.24, 2.45) is 17.6 Å². The van der Waals surface area contributed by atoms with Gasteiger partial charge < -0.3 is 5.73 Å². The van der Waals surface area contributed by atoms with Crippen LogP contribution in [0.2, 0.25) is 5.02 Å². The second-order valence-electron chi connectivity index (χ2n) is 5.74. The highest BCUT2D eigenvalue weighted by Crippen LogP contribution is 2.43. The average molecular weight is 284 g/mol. The first kappa shape index (κ1) is 14.8. The van der Waals surface area contributed by atoms with Gasteiger partial charge in [0.2, 0.25) is 0 Å². The topological polar surface area (TPSA) is 26.0 Å². The molecule has 1 aliphatic carbocycles. The molecular formula is C16H23ClFN. The van der Waals surface area contributed by atoms with Crippen molar-refractivity contribution < 1.29 is 4.39 Å². The Bertz CT molecular complexity index is 421. The van der Waals surface area contributed by atoms with E-state index in [0.717, 1.165) is 24.3 Å². The summed E-state index contributed by atoms with van der Waals surface area (Å²) in [4.78, 5) is 0. The van der Waals surface area contributed by atoms with Crippen LogP contribution in [-0.4, -0.2) is 6.54 Å². The molecule has 1 aromatic rings. The lowest BCUT2D eigenvalue weighted by molar-refractivity contribution is 0.230. The lowest BCUT2D eigenvalue weighted by atomic mass is 9.70. The van der Waals surface area contributed by atoms with E-state index in [0.29, 0.717) is 23.4 Å². The number of rotatable bonds is 4. The smallest absolute Gasteiger partial charge is 0.123 e. The monoisotopic (exact) mass is 283 g/mol. The van der Waals surface area contributed by atoms with Crippen LogP contribution in [0.1, 0.15) is 50.5 Å². The number of halogens is 2. The van der Waals surface area contributed by atoms with Crippen molar-refractivity contribution in [3.63, 3.8) is 0 Å². The third-order valence-corrected chi connectivity index (χ3v) is 4.80. The van der Waals surface area contributed by atoms with Gasteiger partial charge in [-0.25, -0.2) is 4.39 Å². The Morgan fingerprint density at radius 1 is 1.37 bits per heavy atom. The number of benzene rings is 1. The zero-order chi connectivity index (χ0) is 13.8. The van der Waals surface area contributed by atoms with Crippen LogP contribution in [0.15, 0.2) is 18.2 Å². The first-order valence-corrected chi connectivity index (χ1v) is 7.68. The zero-order valence-electron chi connectivity index (χ0n) is 11.5. The van der Waals surface area contributed by atoms with E-state index < -0.39 is 0 Å². The molecule has 0 spiro atoms. The molecule has 0 radical (unpaired) electrons. The summed E-state index contributed by atoms with van der Waals surface area (Å²) in [5, 5.41) is 0.682. The van der Waals surface area contributed by atoms with Gasteiger partial charge in [-0.05, 0) is 60.9 Å². The maximum atomic E-state index is 13.5. The third-order valence-electron chi connectivity index (χ3n) is 4.46. The molecule has 2 N–H and O–H groups in total. The van der Waals surface area contributed by atoms with E-state index in [1.54, 1.807) is 12.1 Å². The van der Waals surface area contributed by atoms with E-state index in [4.69, 9.17) is 17.3 Å². The first-order chi connectivity index (χ1) is 9.15. The summed E-state index contributed by atoms with van der Waals surface area (Å²) >= 11 is 6.27. The van der Waals surface area contributed by atoms with Gasteiger partial charge in [0.1, 0.15) is 5.82 Å². The minimum Gasteiger partial charge on any atom is -0.330 e. The zero-order valence-corrected chi connectivity index (χ0v) is 12.3. The number of hydrogen-bond acceptors (Lipinski definition) is 1. The summed E-state index contributed by atoms with van der Waals surface area (Å²) in [6.07, 6.45) is 5.94. The minimum atomic E-state index is -0.201. The Hall–Kier alpha value is -0.600. The molecule has 1 aliphatic rings. The van der Waals surface area contributed by atoms with E-state index >= 15 is 0 Å². The molecule has 0 aromatic heterocycles. The largest absolute Gasteiger partial charge is 0.330 e. The van der Waals surface area contributed by atoms with Gasteiger partial charge in [-0.1, -0.05) is 37.8 Å². The molecule has 1 aromatic carbocycles. The molecule has 1 nitrogen and oxygen atoms in total. The maximum Gasteiger partial charge on any atom is 0.123 e. The average Bonchev–Trinajstić information content (AvgIpc) is 2.42. The van der Waals surface area contributed by atoms with Crippen LogP contribution >= 0.6 is 11.6 Å². The Balaban J connectivity index is 2.24. The Morgan fingerprint density at radius 2 is 2.16 bits per heavy atom. The molecule has 3 unspecified atom stereocenters. The molecule has 2 rings (SSSR count). The summed E-state index contributed by atoms with van der Waals surface area (Å²) in [7, 11) is 0. The van der Waals surface area contributed by atoms with Crippen molar-refractivity contribution in [2.75, 3.05) is 6.54 Å². The highest BCUT2D eigenvalue weighted by molar-refractivity contribution is 6.31. The van der Waals surface area contributed by atoms with Crippen molar-refractivity contribution >= 4 is 11.6 Å². The Kier molecular flexibility index (Phi) is 5.23. The minimum absolute atomic E-state index is 0.201. The van der Waals surface area contributed by atoms with Gasteiger partial charge in [0.15, 0.2) is 0 Å². The van der Waals surface area contributed by atoms with Gasteiger partial charge in [0, 0.05) is 5.02 Å². The van der Waals surface area contributed by atoms with Gasteiger partial charge >= 0.3 is 0 Å². The van der Waals surface area contributed by atoms with Gasteiger partial charge in [0.25, 0.3) is 0 Å². The predicted octanol–water partition coefficient (Wildman–Crippen LogP) is 4.74. The third kappa shape index (κ3) is 3.49. The number of hydrogen-bond donors (Lipinski definition) is 1. The molecule has 19 heavy (non-hydrogen) atoms. The highest BCUT2D eigenvalue weighted by Gasteiger charge is 2.31. The highest BCUT2D eigenvalue weighted by atomic mass is 35.5. The van der Waals surface area contributed by atoms with Crippen molar-refractivity contribution in [3.8, 4) is 0 Å². The molecule has 0 bridgehead atoms. The molecule has 0 heterocycles. The standard InChI is InChI=1S/C16H23ClFN/c1-2-3-11-4-5-12(10-19)14(8-11)15-9-13(18)6-7-16(15)17/h6-7,9,11-12,14H,2-5,8,10,19H2,1H3. The van der Waals surface area contributed by atoms with E-state index in [9.17, 15) is 4.39 Å². The van der Waals surface area contributed by atoms with Crippen molar-refractivity contribution in [2.45, 2.75) is 44.9 Å². The molecule has 0 amide bonds. The fourth-order valence-corrected chi connectivity index (χ4v) is 3.71. The van der Waals surface area contributed by atoms with E-state index in [2.05, 4.69) is 6.92 Å². The van der Waals surface area contributed by atoms with Crippen LogP contribution in [0.25, 0.3) is 0 Å². The fraction of sp³-hybridized carbons (Fsp3) is 0.625. The quantitative estimate of drug-likeness (QED) is 0.849. The van der Waals surface area contributed by atoms with Crippen LogP contribution in [0.3, 0.4) is 0 Å². The van der Waals surface area contributed by atoms with Crippen molar-refractivity contribution in [3.05, 3.63) is 34.6 Å². The predicted molar refractivity (Wildman–Crippen MR) is 78.9 cm³/mol. The molecule has 106 valence electrons.